The number of hydrogen-bond acceptors (Lipinski definition) is 4. The van der Waals surface area contributed by atoms with E-state index in [0.717, 1.165) is 42.7 Å². The molecule has 0 spiro atoms. The number of amidine groups is 1. The molecule has 0 aromatic heterocycles. The van der Waals surface area contributed by atoms with Crippen molar-refractivity contribution in [1.82, 2.24) is 4.90 Å². The Labute approximate surface area is 119 Å². The van der Waals surface area contributed by atoms with Gasteiger partial charge in [0.2, 0.25) is 0 Å². The van der Waals surface area contributed by atoms with Crippen LogP contribution < -0.4 is 16.2 Å². The highest BCUT2D eigenvalue weighted by Gasteiger charge is 2.19. The summed E-state index contributed by atoms with van der Waals surface area (Å²) in [7, 11) is 1.65. The van der Waals surface area contributed by atoms with Gasteiger partial charge in [0.25, 0.3) is 0 Å². The zero-order valence-electron chi connectivity index (χ0n) is 11.9. The van der Waals surface area contributed by atoms with E-state index < -0.39 is 0 Å². The van der Waals surface area contributed by atoms with E-state index in [4.69, 9.17) is 21.6 Å². The molecular formula is C15H22N4O. The van der Waals surface area contributed by atoms with E-state index in [1.165, 1.54) is 0 Å². The van der Waals surface area contributed by atoms with Gasteiger partial charge in [-0.05, 0) is 37.0 Å². The summed E-state index contributed by atoms with van der Waals surface area (Å²) >= 11 is 0. The Hall–Kier alpha value is -2.17. The first-order chi connectivity index (χ1) is 9.61. The first-order valence-electron chi connectivity index (χ1n) is 6.82. The van der Waals surface area contributed by atoms with Crippen LogP contribution in [0.1, 0.15) is 24.8 Å². The lowest BCUT2D eigenvalue weighted by molar-refractivity contribution is 0.404. The van der Waals surface area contributed by atoms with Crippen molar-refractivity contribution in [2.75, 3.05) is 13.7 Å². The number of likely N-dealkylation sites (tertiary alicyclic amines) is 1. The number of ether oxygens (including phenoxy) is 1. The second-order valence-electron chi connectivity index (χ2n) is 5.01. The normalized spacial score (nSPS) is 15.9. The summed E-state index contributed by atoms with van der Waals surface area (Å²) in [5.74, 6) is 1.57. The highest BCUT2D eigenvalue weighted by atomic mass is 16.5. The topological polar surface area (TPSA) is 88.4 Å². The molecule has 1 aromatic carbocycles. The lowest BCUT2D eigenvalue weighted by atomic mass is 10.1. The predicted molar refractivity (Wildman–Crippen MR) is 80.4 cm³/mol. The number of rotatable bonds is 3. The van der Waals surface area contributed by atoms with Gasteiger partial charge in [-0.25, -0.2) is 0 Å². The molecule has 1 saturated heterocycles. The number of nitrogens with two attached hydrogens (primary N) is 2. The largest absolute Gasteiger partial charge is 0.497 e. The summed E-state index contributed by atoms with van der Waals surface area (Å²) in [5, 5.41) is 8.28. The molecule has 1 fully saturated rings. The molecule has 5 N–H and O–H groups in total. The van der Waals surface area contributed by atoms with Gasteiger partial charge in [-0.2, -0.15) is 0 Å². The average Bonchev–Trinajstić information content (AvgIpc) is 2.62. The molecule has 2 rings (SSSR count). The van der Waals surface area contributed by atoms with Crippen molar-refractivity contribution in [1.29, 1.82) is 5.41 Å². The fraction of sp³-hybridized carbons (Fsp3) is 0.400. The minimum Gasteiger partial charge on any atom is -0.497 e. The maximum absolute atomic E-state index is 8.28. The van der Waals surface area contributed by atoms with Gasteiger partial charge in [0.15, 0.2) is 0 Å². The second-order valence-corrected chi connectivity index (χ2v) is 5.01. The van der Waals surface area contributed by atoms with E-state index in [1.807, 2.05) is 29.2 Å². The molecular weight excluding hydrogens is 252 g/mol. The molecule has 20 heavy (non-hydrogen) atoms. The summed E-state index contributed by atoms with van der Waals surface area (Å²) < 4.78 is 5.15. The number of methoxy groups -OCH3 is 1. The minimum absolute atomic E-state index is 0.275. The van der Waals surface area contributed by atoms with Crippen LogP contribution >= 0.6 is 0 Å². The van der Waals surface area contributed by atoms with E-state index in [2.05, 4.69) is 0 Å². The maximum atomic E-state index is 8.28. The molecule has 1 heterocycles. The SMILES string of the molecule is COc1ccc(CN2CCCCC(=C(N)N)C2=N)cc1. The molecule has 5 nitrogen and oxygen atoms in total. The number of nitrogens with one attached hydrogen (secondary N) is 1. The summed E-state index contributed by atoms with van der Waals surface area (Å²) in [4.78, 5) is 2.03. The van der Waals surface area contributed by atoms with Gasteiger partial charge >= 0.3 is 0 Å². The van der Waals surface area contributed by atoms with Crippen LogP contribution in [0.2, 0.25) is 0 Å². The second kappa shape index (κ2) is 6.32. The van der Waals surface area contributed by atoms with E-state index >= 15 is 0 Å². The molecule has 0 radical (unpaired) electrons. The third-order valence-electron chi connectivity index (χ3n) is 3.59. The molecule has 5 heteroatoms. The fourth-order valence-electron chi connectivity index (χ4n) is 2.42. The predicted octanol–water partition coefficient (Wildman–Crippen LogP) is 1.79. The van der Waals surface area contributed by atoms with Crippen molar-refractivity contribution >= 4 is 5.84 Å². The standard InChI is InChI=1S/C15H22N4O/c1-20-12-7-5-11(6-8-12)10-19-9-3-2-4-13(14(16)17)15(19)18/h5-8,18H,2-4,9-10,16-17H2,1H3. The van der Waals surface area contributed by atoms with Crippen LogP contribution in [0.4, 0.5) is 0 Å². The molecule has 0 amide bonds. The Morgan fingerprint density at radius 1 is 1.25 bits per heavy atom. The van der Waals surface area contributed by atoms with Crippen LogP contribution in [0.3, 0.4) is 0 Å². The van der Waals surface area contributed by atoms with Gasteiger partial charge < -0.3 is 21.1 Å². The molecule has 0 bridgehead atoms. The van der Waals surface area contributed by atoms with Crippen molar-refractivity contribution in [3.8, 4) is 5.75 Å². The summed E-state index contributed by atoms with van der Waals surface area (Å²) in [5.41, 5.74) is 13.3. The zero-order valence-corrected chi connectivity index (χ0v) is 11.9. The van der Waals surface area contributed by atoms with Gasteiger partial charge in [0, 0.05) is 18.7 Å². The molecule has 108 valence electrons. The van der Waals surface area contributed by atoms with E-state index in [9.17, 15) is 0 Å². The smallest absolute Gasteiger partial charge is 0.127 e. The first kappa shape index (κ1) is 14.2. The number of hydrogen-bond donors (Lipinski definition) is 3. The van der Waals surface area contributed by atoms with Crippen LogP contribution in [0.25, 0.3) is 0 Å². The highest BCUT2D eigenvalue weighted by Crippen LogP contribution is 2.20. The Kier molecular flexibility index (Phi) is 4.50. The van der Waals surface area contributed by atoms with Crippen LogP contribution in [-0.2, 0) is 6.54 Å². The zero-order chi connectivity index (χ0) is 14.5. The summed E-state index contributed by atoms with van der Waals surface area (Å²) in [6.45, 7) is 1.56. The minimum atomic E-state index is 0.275. The Bertz CT molecular complexity index is 503. The van der Waals surface area contributed by atoms with Crippen molar-refractivity contribution in [3.05, 3.63) is 41.2 Å². The van der Waals surface area contributed by atoms with Crippen LogP contribution in [-0.4, -0.2) is 24.4 Å². The Balaban J connectivity index is 2.13. The van der Waals surface area contributed by atoms with Crippen molar-refractivity contribution in [2.45, 2.75) is 25.8 Å². The van der Waals surface area contributed by atoms with E-state index in [-0.39, 0.29) is 5.82 Å². The van der Waals surface area contributed by atoms with E-state index in [1.54, 1.807) is 7.11 Å². The molecule has 0 atom stereocenters. The number of nitrogens with zero attached hydrogens (tertiary/aromatic N) is 1. The molecule has 0 aliphatic carbocycles. The fourth-order valence-corrected chi connectivity index (χ4v) is 2.42. The van der Waals surface area contributed by atoms with Crippen LogP contribution in [0, 0.1) is 5.41 Å². The maximum Gasteiger partial charge on any atom is 0.127 e. The van der Waals surface area contributed by atoms with Crippen LogP contribution in [0.15, 0.2) is 35.7 Å². The van der Waals surface area contributed by atoms with Crippen molar-refractivity contribution in [2.24, 2.45) is 11.5 Å². The van der Waals surface area contributed by atoms with Crippen LogP contribution in [0.5, 0.6) is 5.75 Å². The van der Waals surface area contributed by atoms with Crippen molar-refractivity contribution < 1.29 is 4.74 Å². The Morgan fingerprint density at radius 2 is 1.95 bits per heavy atom. The molecule has 1 aliphatic heterocycles. The third-order valence-corrected chi connectivity index (χ3v) is 3.59. The summed E-state index contributed by atoms with van der Waals surface area (Å²) in [6, 6.07) is 7.91. The highest BCUT2D eigenvalue weighted by molar-refractivity contribution is 5.96. The lowest BCUT2D eigenvalue weighted by Crippen LogP contribution is -2.32. The van der Waals surface area contributed by atoms with E-state index in [0.29, 0.717) is 12.4 Å². The summed E-state index contributed by atoms with van der Waals surface area (Å²) in [6.07, 6.45) is 2.87. The van der Waals surface area contributed by atoms with Gasteiger partial charge in [-0.1, -0.05) is 12.1 Å². The van der Waals surface area contributed by atoms with Gasteiger partial charge in [0.1, 0.15) is 17.4 Å². The lowest BCUT2D eigenvalue weighted by Gasteiger charge is -2.24. The molecule has 0 unspecified atom stereocenters. The average molecular weight is 274 g/mol. The monoisotopic (exact) mass is 274 g/mol. The number of benzene rings is 1. The van der Waals surface area contributed by atoms with Gasteiger partial charge in [0.05, 0.1) is 7.11 Å². The van der Waals surface area contributed by atoms with Gasteiger partial charge in [-0.3, -0.25) is 5.41 Å². The van der Waals surface area contributed by atoms with Gasteiger partial charge in [-0.15, -0.1) is 0 Å². The Morgan fingerprint density at radius 3 is 2.55 bits per heavy atom. The first-order valence-corrected chi connectivity index (χ1v) is 6.82. The van der Waals surface area contributed by atoms with Crippen molar-refractivity contribution in [3.63, 3.8) is 0 Å². The molecule has 1 aliphatic rings. The molecule has 1 aromatic rings. The third kappa shape index (κ3) is 3.23. The molecule has 0 saturated carbocycles. The quantitative estimate of drug-likeness (QED) is 0.784.